The van der Waals surface area contributed by atoms with Crippen molar-refractivity contribution in [2.75, 3.05) is 26.3 Å². The van der Waals surface area contributed by atoms with Gasteiger partial charge in [0.1, 0.15) is 0 Å². The summed E-state index contributed by atoms with van der Waals surface area (Å²) in [6.45, 7) is 3.28. The lowest BCUT2D eigenvalue weighted by Gasteiger charge is -2.14. The van der Waals surface area contributed by atoms with E-state index in [2.05, 4.69) is 5.32 Å². The zero-order chi connectivity index (χ0) is 11.2. The van der Waals surface area contributed by atoms with Gasteiger partial charge in [-0.25, -0.2) is 0 Å². The van der Waals surface area contributed by atoms with Crippen LogP contribution in [0.5, 0.6) is 0 Å². The second kappa shape index (κ2) is 5.99. The van der Waals surface area contributed by atoms with Gasteiger partial charge >= 0.3 is 0 Å². The monoisotopic (exact) mass is 221 g/mol. The first-order chi connectivity index (χ1) is 7.86. The topological polar surface area (TPSA) is 41.5 Å². The Labute approximate surface area is 96.4 Å². The number of nitrogens with one attached hydrogen (secondary N) is 1. The van der Waals surface area contributed by atoms with Crippen LogP contribution >= 0.6 is 0 Å². The number of ether oxygens (including phenoxy) is 1. The maximum atomic E-state index is 9.90. The van der Waals surface area contributed by atoms with Crippen LogP contribution in [0.1, 0.15) is 18.1 Å². The van der Waals surface area contributed by atoms with Crippen LogP contribution in [0.2, 0.25) is 0 Å². The number of aliphatic hydroxyl groups is 1. The molecule has 0 saturated carbocycles. The van der Waals surface area contributed by atoms with Crippen LogP contribution in [0.15, 0.2) is 30.3 Å². The molecule has 0 spiro atoms. The Bertz CT molecular complexity index is 296. The summed E-state index contributed by atoms with van der Waals surface area (Å²) in [5.74, 6) is 0.614. The van der Waals surface area contributed by atoms with Crippen molar-refractivity contribution < 1.29 is 9.84 Å². The Hall–Kier alpha value is -0.900. The quantitative estimate of drug-likeness (QED) is 0.788. The molecule has 2 unspecified atom stereocenters. The summed E-state index contributed by atoms with van der Waals surface area (Å²) in [6.07, 6.45) is 0.720. The fourth-order valence-electron chi connectivity index (χ4n) is 1.96. The predicted molar refractivity (Wildman–Crippen MR) is 63.2 cm³/mol. The van der Waals surface area contributed by atoms with Gasteiger partial charge in [0.05, 0.1) is 12.7 Å². The molecule has 1 heterocycles. The highest BCUT2D eigenvalue weighted by atomic mass is 16.5. The van der Waals surface area contributed by atoms with Crippen molar-refractivity contribution in [2.45, 2.75) is 12.5 Å². The van der Waals surface area contributed by atoms with Crippen LogP contribution in [0.3, 0.4) is 0 Å². The van der Waals surface area contributed by atoms with E-state index < -0.39 is 6.10 Å². The van der Waals surface area contributed by atoms with Crippen molar-refractivity contribution in [1.82, 2.24) is 5.32 Å². The predicted octanol–water partition coefficient (Wildman–Crippen LogP) is 1.35. The third kappa shape index (κ3) is 3.30. The minimum absolute atomic E-state index is 0.413. The van der Waals surface area contributed by atoms with Gasteiger partial charge in [-0.1, -0.05) is 30.3 Å². The number of rotatable bonds is 5. The van der Waals surface area contributed by atoms with Crippen LogP contribution in [0.25, 0.3) is 0 Å². The summed E-state index contributed by atoms with van der Waals surface area (Å²) in [5, 5.41) is 13.2. The van der Waals surface area contributed by atoms with Crippen molar-refractivity contribution in [3.8, 4) is 0 Å². The van der Waals surface area contributed by atoms with E-state index in [1.54, 1.807) is 0 Å². The number of aliphatic hydroxyl groups excluding tert-OH is 1. The summed E-state index contributed by atoms with van der Waals surface area (Å²) in [7, 11) is 0. The molecule has 2 rings (SSSR count). The second-order valence-electron chi connectivity index (χ2n) is 4.31. The van der Waals surface area contributed by atoms with Crippen LogP contribution in [0, 0.1) is 5.92 Å². The highest BCUT2D eigenvalue weighted by Gasteiger charge is 2.15. The largest absolute Gasteiger partial charge is 0.387 e. The first-order valence-corrected chi connectivity index (χ1v) is 5.88. The van der Waals surface area contributed by atoms with Gasteiger partial charge in [-0.3, -0.25) is 0 Å². The van der Waals surface area contributed by atoms with Gasteiger partial charge in [0, 0.05) is 19.7 Å². The van der Waals surface area contributed by atoms with Gasteiger partial charge in [0.25, 0.3) is 0 Å². The highest BCUT2D eigenvalue weighted by Crippen LogP contribution is 2.13. The average molecular weight is 221 g/mol. The van der Waals surface area contributed by atoms with Crippen LogP contribution in [-0.4, -0.2) is 31.4 Å². The lowest BCUT2D eigenvalue weighted by molar-refractivity contribution is 0.167. The van der Waals surface area contributed by atoms with Crippen LogP contribution in [0.4, 0.5) is 0 Å². The summed E-state index contributed by atoms with van der Waals surface area (Å²) >= 11 is 0. The number of hydrogen-bond acceptors (Lipinski definition) is 3. The van der Waals surface area contributed by atoms with E-state index in [1.165, 1.54) is 0 Å². The molecule has 88 valence electrons. The minimum Gasteiger partial charge on any atom is -0.387 e. The van der Waals surface area contributed by atoms with Gasteiger partial charge in [0.2, 0.25) is 0 Å². The molecule has 3 heteroatoms. The van der Waals surface area contributed by atoms with Gasteiger partial charge < -0.3 is 15.2 Å². The Morgan fingerprint density at radius 1 is 1.38 bits per heavy atom. The first kappa shape index (κ1) is 11.6. The lowest BCUT2D eigenvalue weighted by Crippen LogP contribution is -2.27. The van der Waals surface area contributed by atoms with Gasteiger partial charge in [0.15, 0.2) is 0 Å². The van der Waals surface area contributed by atoms with Gasteiger partial charge in [-0.05, 0) is 17.9 Å². The smallest absolute Gasteiger partial charge is 0.0914 e. The summed E-state index contributed by atoms with van der Waals surface area (Å²) < 4.78 is 5.30. The molecule has 0 bridgehead atoms. The Balaban J connectivity index is 1.69. The zero-order valence-corrected chi connectivity index (χ0v) is 9.43. The van der Waals surface area contributed by atoms with E-state index in [9.17, 15) is 5.11 Å². The molecule has 0 radical (unpaired) electrons. The van der Waals surface area contributed by atoms with E-state index in [1.807, 2.05) is 30.3 Å². The maximum absolute atomic E-state index is 9.90. The van der Waals surface area contributed by atoms with Crippen molar-refractivity contribution in [2.24, 2.45) is 5.92 Å². The Morgan fingerprint density at radius 3 is 2.88 bits per heavy atom. The molecular weight excluding hydrogens is 202 g/mol. The average Bonchev–Trinajstić information content (AvgIpc) is 2.83. The Kier molecular flexibility index (Phi) is 4.34. The third-order valence-electron chi connectivity index (χ3n) is 2.98. The van der Waals surface area contributed by atoms with E-state index in [0.29, 0.717) is 12.5 Å². The molecule has 1 aromatic carbocycles. The molecule has 0 aromatic heterocycles. The number of hydrogen-bond donors (Lipinski definition) is 2. The van der Waals surface area contributed by atoms with Crippen molar-refractivity contribution in [1.29, 1.82) is 0 Å². The van der Waals surface area contributed by atoms with Gasteiger partial charge in [-0.2, -0.15) is 0 Å². The molecule has 2 atom stereocenters. The number of benzene rings is 1. The highest BCUT2D eigenvalue weighted by molar-refractivity contribution is 5.17. The van der Waals surface area contributed by atoms with E-state index >= 15 is 0 Å². The molecule has 2 N–H and O–H groups in total. The first-order valence-electron chi connectivity index (χ1n) is 5.88. The van der Waals surface area contributed by atoms with E-state index in [0.717, 1.165) is 31.7 Å². The van der Waals surface area contributed by atoms with Crippen LogP contribution in [-0.2, 0) is 4.74 Å². The van der Waals surface area contributed by atoms with Crippen LogP contribution < -0.4 is 5.32 Å². The zero-order valence-electron chi connectivity index (χ0n) is 9.43. The normalized spacial score (nSPS) is 22.2. The summed E-state index contributed by atoms with van der Waals surface area (Å²) in [6, 6.07) is 9.75. The lowest BCUT2D eigenvalue weighted by atomic mass is 10.1. The fourth-order valence-corrected chi connectivity index (χ4v) is 1.96. The SMILES string of the molecule is OC(CNCC1CCOC1)c1ccccc1. The summed E-state index contributed by atoms with van der Waals surface area (Å²) in [4.78, 5) is 0. The third-order valence-corrected chi connectivity index (χ3v) is 2.98. The van der Waals surface area contributed by atoms with Crippen molar-refractivity contribution in [3.63, 3.8) is 0 Å². The summed E-state index contributed by atoms with van der Waals surface area (Å²) in [5.41, 5.74) is 0.970. The standard InChI is InChI=1S/C13H19NO2/c15-13(12-4-2-1-3-5-12)9-14-8-11-6-7-16-10-11/h1-5,11,13-15H,6-10H2. The van der Waals surface area contributed by atoms with E-state index in [-0.39, 0.29) is 0 Å². The molecule has 1 aromatic rings. The molecule has 0 aliphatic carbocycles. The molecule has 3 nitrogen and oxygen atoms in total. The van der Waals surface area contributed by atoms with Crippen molar-refractivity contribution in [3.05, 3.63) is 35.9 Å². The molecule has 16 heavy (non-hydrogen) atoms. The fraction of sp³-hybridized carbons (Fsp3) is 0.538. The van der Waals surface area contributed by atoms with Gasteiger partial charge in [-0.15, -0.1) is 0 Å². The molecular formula is C13H19NO2. The maximum Gasteiger partial charge on any atom is 0.0914 e. The Morgan fingerprint density at radius 2 is 2.19 bits per heavy atom. The van der Waals surface area contributed by atoms with E-state index in [4.69, 9.17) is 4.74 Å². The molecule has 1 aliphatic heterocycles. The molecule has 1 fully saturated rings. The van der Waals surface area contributed by atoms with Crippen molar-refractivity contribution >= 4 is 0 Å². The minimum atomic E-state index is -0.413. The molecule has 1 saturated heterocycles. The molecule has 0 amide bonds. The second-order valence-corrected chi connectivity index (χ2v) is 4.31. The molecule has 1 aliphatic rings.